The fourth-order valence-corrected chi connectivity index (χ4v) is 3.71. The van der Waals surface area contributed by atoms with Gasteiger partial charge in [0.2, 0.25) is 0 Å². The van der Waals surface area contributed by atoms with Crippen molar-refractivity contribution in [2.24, 2.45) is 0 Å². The molecule has 1 aliphatic rings. The van der Waals surface area contributed by atoms with E-state index in [0.29, 0.717) is 18.6 Å². The van der Waals surface area contributed by atoms with E-state index in [0.717, 1.165) is 11.1 Å². The molecule has 1 fully saturated rings. The third-order valence-corrected chi connectivity index (χ3v) is 5.29. The van der Waals surface area contributed by atoms with Crippen LogP contribution in [0.5, 0.6) is 0 Å². The van der Waals surface area contributed by atoms with E-state index in [1.807, 2.05) is 60.7 Å². The lowest BCUT2D eigenvalue weighted by atomic mass is 9.87. The fraction of sp³-hybridized carbons (Fsp3) is 0.391. The molecule has 1 aliphatic heterocycles. The van der Waals surface area contributed by atoms with E-state index < -0.39 is 5.60 Å². The molecule has 2 heteroatoms. The van der Waals surface area contributed by atoms with E-state index in [4.69, 9.17) is 0 Å². The second-order valence-electron chi connectivity index (χ2n) is 7.05. The predicted octanol–water partition coefficient (Wildman–Crippen LogP) is 4.19. The molecule has 1 heterocycles. The maximum atomic E-state index is 11.4. The van der Waals surface area contributed by atoms with Crippen molar-refractivity contribution in [1.82, 2.24) is 4.90 Å². The van der Waals surface area contributed by atoms with Gasteiger partial charge in [-0.1, -0.05) is 78.9 Å². The molecule has 1 saturated heterocycles. The Morgan fingerprint density at radius 1 is 0.920 bits per heavy atom. The second-order valence-corrected chi connectivity index (χ2v) is 7.05. The van der Waals surface area contributed by atoms with Crippen molar-refractivity contribution < 1.29 is 5.11 Å². The summed E-state index contributed by atoms with van der Waals surface area (Å²) < 4.78 is 0. The maximum Gasteiger partial charge on any atom is 0.176 e. The molecule has 2 aromatic carbocycles. The Hall–Kier alpha value is -2.08. The molecule has 2 aromatic rings. The second kappa shape index (κ2) is 7.87. The molecule has 0 amide bonds. The van der Waals surface area contributed by atoms with Gasteiger partial charge in [-0.15, -0.1) is 0 Å². The molecule has 2 nitrogen and oxygen atoms in total. The minimum atomic E-state index is -1.27. The molecular formula is C23H27NO. The zero-order chi connectivity index (χ0) is 17.7. The molecule has 130 valence electrons. The summed E-state index contributed by atoms with van der Waals surface area (Å²) in [6.45, 7) is 5.25. The third-order valence-electron chi connectivity index (χ3n) is 5.29. The van der Waals surface area contributed by atoms with E-state index >= 15 is 0 Å². The van der Waals surface area contributed by atoms with Gasteiger partial charge in [0.1, 0.15) is 0 Å². The number of piperidine rings is 1. The Bertz CT molecular complexity index is 679. The molecule has 1 N–H and O–H groups in total. The van der Waals surface area contributed by atoms with Crippen molar-refractivity contribution in [2.75, 3.05) is 6.54 Å². The highest BCUT2D eigenvalue weighted by Gasteiger charge is 2.29. The number of rotatable bonds is 3. The van der Waals surface area contributed by atoms with Crippen LogP contribution in [0.4, 0.5) is 0 Å². The Morgan fingerprint density at radius 3 is 1.88 bits per heavy atom. The van der Waals surface area contributed by atoms with Crippen molar-refractivity contribution in [3.05, 3.63) is 71.8 Å². The summed E-state index contributed by atoms with van der Waals surface area (Å²) in [5.74, 6) is 6.46. The van der Waals surface area contributed by atoms with E-state index in [1.165, 1.54) is 19.3 Å². The predicted molar refractivity (Wildman–Crippen MR) is 103 cm³/mol. The van der Waals surface area contributed by atoms with E-state index in [9.17, 15) is 5.11 Å². The van der Waals surface area contributed by atoms with Crippen LogP contribution in [0.15, 0.2) is 60.7 Å². The zero-order valence-corrected chi connectivity index (χ0v) is 15.2. The molecule has 0 saturated carbocycles. The lowest BCUT2D eigenvalue weighted by Crippen LogP contribution is -2.43. The minimum Gasteiger partial charge on any atom is -0.369 e. The molecular weight excluding hydrogens is 306 g/mol. The monoisotopic (exact) mass is 333 g/mol. The summed E-state index contributed by atoms with van der Waals surface area (Å²) >= 11 is 0. The molecule has 25 heavy (non-hydrogen) atoms. The van der Waals surface area contributed by atoms with Crippen LogP contribution >= 0.6 is 0 Å². The largest absolute Gasteiger partial charge is 0.369 e. The van der Waals surface area contributed by atoms with E-state index in [1.54, 1.807) is 0 Å². The number of benzene rings is 2. The molecule has 2 unspecified atom stereocenters. The standard InChI is InChI=1S/C23H27NO/c1-19-11-9-12-20(2)24(19)18-10-17-23(25,21-13-5-3-6-14-21)22-15-7-4-8-16-22/h3-8,13-16,19-20,25H,9,11-12,18H2,1-2H3. The lowest BCUT2D eigenvalue weighted by Gasteiger charge is -2.37. The van der Waals surface area contributed by atoms with E-state index in [2.05, 4.69) is 30.6 Å². The summed E-state index contributed by atoms with van der Waals surface area (Å²) in [6.07, 6.45) is 3.76. The highest BCUT2D eigenvalue weighted by atomic mass is 16.3. The highest BCUT2D eigenvalue weighted by molar-refractivity contribution is 5.44. The van der Waals surface area contributed by atoms with Crippen molar-refractivity contribution >= 4 is 0 Å². The molecule has 2 atom stereocenters. The maximum absolute atomic E-state index is 11.4. The van der Waals surface area contributed by atoms with Gasteiger partial charge in [0.15, 0.2) is 5.60 Å². The Kier molecular flexibility index (Phi) is 5.58. The van der Waals surface area contributed by atoms with Crippen molar-refractivity contribution in [3.8, 4) is 11.8 Å². The van der Waals surface area contributed by atoms with E-state index in [-0.39, 0.29) is 0 Å². The topological polar surface area (TPSA) is 23.5 Å². The van der Waals surface area contributed by atoms with Crippen LogP contribution in [0.1, 0.15) is 44.2 Å². The molecule has 0 aromatic heterocycles. The average molecular weight is 333 g/mol. The Balaban J connectivity index is 1.90. The smallest absolute Gasteiger partial charge is 0.176 e. The Morgan fingerprint density at radius 2 is 1.40 bits per heavy atom. The number of hydrogen-bond acceptors (Lipinski definition) is 2. The van der Waals surface area contributed by atoms with Crippen molar-refractivity contribution in [3.63, 3.8) is 0 Å². The van der Waals surface area contributed by atoms with Crippen LogP contribution in [0.3, 0.4) is 0 Å². The summed E-state index contributed by atoms with van der Waals surface area (Å²) in [7, 11) is 0. The van der Waals surface area contributed by atoms with Gasteiger partial charge in [-0.05, 0) is 26.7 Å². The summed E-state index contributed by atoms with van der Waals surface area (Å²) in [5.41, 5.74) is 0.354. The van der Waals surface area contributed by atoms with Crippen LogP contribution in [-0.2, 0) is 5.60 Å². The lowest BCUT2D eigenvalue weighted by molar-refractivity contribution is 0.120. The average Bonchev–Trinajstić information content (AvgIpc) is 2.65. The Labute approximate surface area is 151 Å². The third kappa shape index (κ3) is 3.95. The molecule has 0 aliphatic carbocycles. The first-order valence-corrected chi connectivity index (χ1v) is 9.20. The molecule has 3 rings (SSSR count). The summed E-state index contributed by atoms with van der Waals surface area (Å²) in [4.78, 5) is 2.45. The van der Waals surface area contributed by atoms with Gasteiger partial charge < -0.3 is 5.11 Å². The van der Waals surface area contributed by atoms with Gasteiger partial charge in [-0.25, -0.2) is 0 Å². The van der Waals surface area contributed by atoms with Gasteiger partial charge in [-0.2, -0.15) is 0 Å². The summed E-state index contributed by atoms with van der Waals surface area (Å²) in [6, 6.07) is 20.6. The quantitative estimate of drug-likeness (QED) is 0.852. The molecule has 0 spiro atoms. The van der Waals surface area contributed by atoms with Crippen molar-refractivity contribution in [1.29, 1.82) is 0 Å². The summed E-state index contributed by atoms with van der Waals surface area (Å²) in [5, 5.41) is 11.4. The van der Waals surface area contributed by atoms with Gasteiger partial charge in [-0.3, -0.25) is 4.90 Å². The first-order chi connectivity index (χ1) is 12.1. The zero-order valence-electron chi connectivity index (χ0n) is 15.2. The SMILES string of the molecule is CC1CCCC(C)N1CC#CC(O)(c1ccccc1)c1ccccc1. The number of likely N-dealkylation sites (tertiary alicyclic amines) is 1. The van der Waals surface area contributed by atoms with Crippen LogP contribution in [0.2, 0.25) is 0 Å². The highest BCUT2D eigenvalue weighted by Crippen LogP contribution is 2.29. The normalized spacial score (nSPS) is 21.4. The van der Waals surface area contributed by atoms with Crippen LogP contribution in [0.25, 0.3) is 0 Å². The minimum absolute atomic E-state index is 0.555. The van der Waals surface area contributed by atoms with Gasteiger partial charge in [0, 0.05) is 23.2 Å². The van der Waals surface area contributed by atoms with Crippen molar-refractivity contribution in [2.45, 2.75) is 50.8 Å². The van der Waals surface area contributed by atoms with Crippen LogP contribution < -0.4 is 0 Å². The van der Waals surface area contributed by atoms with Gasteiger partial charge in [0.05, 0.1) is 6.54 Å². The van der Waals surface area contributed by atoms with Gasteiger partial charge >= 0.3 is 0 Å². The fourth-order valence-electron chi connectivity index (χ4n) is 3.71. The van der Waals surface area contributed by atoms with Gasteiger partial charge in [0.25, 0.3) is 0 Å². The number of hydrogen-bond donors (Lipinski definition) is 1. The molecule has 0 bridgehead atoms. The van der Waals surface area contributed by atoms with Crippen LogP contribution in [0, 0.1) is 11.8 Å². The van der Waals surface area contributed by atoms with Crippen LogP contribution in [-0.4, -0.2) is 28.6 Å². The molecule has 0 radical (unpaired) electrons. The number of nitrogens with zero attached hydrogens (tertiary/aromatic N) is 1. The number of aliphatic hydroxyl groups is 1. The first-order valence-electron chi connectivity index (χ1n) is 9.20. The first kappa shape index (κ1) is 17.7.